The van der Waals surface area contributed by atoms with Crippen molar-refractivity contribution in [3.63, 3.8) is 0 Å². The van der Waals surface area contributed by atoms with E-state index >= 15 is 0 Å². The number of sulfonamides is 1. The van der Waals surface area contributed by atoms with Crippen molar-refractivity contribution >= 4 is 27.0 Å². The Kier molecular flexibility index (Phi) is 6.38. The Morgan fingerprint density at radius 3 is 2.57 bits per heavy atom. The zero-order valence-corrected chi connectivity index (χ0v) is 18.4. The largest absolute Gasteiger partial charge is 0.353 e. The fraction of sp³-hybridized carbons (Fsp3) is 0.667. The van der Waals surface area contributed by atoms with Gasteiger partial charge in [-0.2, -0.15) is 4.31 Å². The number of hydrogen-bond acceptors (Lipinski definition) is 5. The van der Waals surface area contributed by atoms with E-state index in [9.17, 15) is 13.2 Å². The average molecular weight is 434 g/mol. The molecule has 1 aliphatic carbocycles. The molecular formula is C21H31N5O3S. The van der Waals surface area contributed by atoms with Crippen LogP contribution in [-0.2, 0) is 21.4 Å². The summed E-state index contributed by atoms with van der Waals surface area (Å²) in [6.45, 7) is 3.54. The minimum Gasteiger partial charge on any atom is -0.353 e. The van der Waals surface area contributed by atoms with Crippen LogP contribution in [0.3, 0.4) is 0 Å². The molecule has 2 heterocycles. The molecule has 2 fully saturated rings. The normalized spacial score (nSPS) is 19.9. The Morgan fingerprint density at radius 1 is 1.13 bits per heavy atom. The van der Waals surface area contributed by atoms with E-state index in [0.717, 1.165) is 31.3 Å². The van der Waals surface area contributed by atoms with Gasteiger partial charge in [0.1, 0.15) is 5.52 Å². The van der Waals surface area contributed by atoms with E-state index in [1.807, 2.05) is 0 Å². The highest BCUT2D eigenvalue weighted by molar-refractivity contribution is 7.89. The highest BCUT2D eigenvalue weighted by atomic mass is 32.2. The topological polar surface area (TPSA) is 97.2 Å². The Hall–Kier alpha value is -2.00. The van der Waals surface area contributed by atoms with Gasteiger partial charge in [0, 0.05) is 31.6 Å². The SMILES string of the molecule is CCCn1nnc2cc(S(=O)(=O)N3CCC(C(=O)NC4CCCCC4)CC3)ccc21. The van der Waals surface area contributed by atoms with Crippen LogP contribution in [0.25, 0.3) is 11.0 Å². The van der Waals surface area contributed by atoms with Crippen LogP contribution >= 0.6 is 0 Å². The molecule has 1 amide bonds. The van der Waals surface area contributed by atoms with Crippen molar-refractivity contribution in [2.75, 3.05) is 13.1 Å². The molecule has 1 saturated heterocycles. The van der Waals surface area contributed by atoms with E-state index in [2.05, 4.69) is 22.6 Å². The number of carbonyl (C=O) groups excluding carboxylic acids is 1. The summed E-state index contributed by atoms with van der Waals surface area (Å²) in [5.74, 6) is -0.0114. The van der Waals surface area contributed by atoms with Crippen molar-refractivity contribution in [3.8, 4) is 0 Å². The number of aromatic nitrogens is 3. The summed E-state index contributed by atoms with van der Waals surface area (Å²) in [6.07, 6.45) is 7.79. The van der Waals surface area contributed by atoms with E-state index in [-0.39, 0.29) is 16.7 Å². The maximum absolute atomic E-state index is 13.1. The molecule has 1 N–H and O–H groups in total. The molecule has 1 aromatic carbocycles. The van der Waals surface area contributed by atoms with Crippen molar-refractivity contribution in [2.24, 2.45) is 5.92 Å². The monoisotopic (exact) mass is 433 g/mol. The van der Waals surface area contributed by atoms with Gasteiger partial charge in [-0.1, -0.05) is 31.4 Å². The van der Waals surface area contributed by atoms with Crippen LogP contribution in [0.5, 0.6) is 0 Å². The number of carbonyl (C=O) groups is 1. The molecule has 9 heteroatoms. The molecule has 0 radical (unpaired) electrons. The van der Waals surface area contributed by atoms with Crippen molar-refractivity contribution in [1.82, 2.24) is 24.6 Å². The second-order valence-electron chi connectivity index (χ2n) is 8.48. The third-order valence-electron chi connectivity index (χ3n) is 6.33. The van der Waals surface area contributed by atoms with Crippen LogP contribution in [0.2, 0.25) is 0 Å². The third-order valence-corrected chi connectivity index (χ3v) is 8.23. The number of piperidine rings is 1. The number of benzene rings is 1. The van der Waals surface area contributed by atoms with E-state index in [1.54, 1.807) is 22.9 Å². The first-order valence-electron chi connectivity index (χ1n) is 11.1. The maximum Gasteiger partial charge on any atom is 0.243 e. The number of nitrogens with one attached hydrogen (secondary N) is 1. The summed E-state index contributed by atoms with van der Waals surface area (Å²) in [7, 11) is -3.61. The summed E-state index contributed by atoms with van der Waals surface area (Å²) in [5.41, 5.74) is 1.43. The number of fused-ring (bicyclic) bond motifs is 1. The maximum atomic E-state index is 13.1. The molecule has 30 heavy (non-hydrogen) atoms. The molecule has 0 unspecified atom stereocenters. The number of amides is 1. The summed E-state index contributed by atoms with van der Waals surface area (Å²) < 4.78 is 29.5. The molecule has 1 aromatic heterocycles. The minimum absolute atomic E-state index is 0.0907. The molecular weight excluding hydrogens is 402 g/mol. The summed E-state index contributed by atoms with van der Waals surface area (Å²) in [5, 5.41) is 11.4. The van der Waals surface area contributed by atoms with Gasteiger partial charge >= 0.3 is 0 Å². The first kappa shape index (κ1) is 21.2. The second kappa shape index (κ2) is 9.01. The fourth-order valence-corrected chi connectivity index (χ4v) is 6.05. The zero-order chi connectivity index (χ0) is 21.1. The van der Waals surface area contributed by atoms with Crippen molar-refractivity contribution in [2.45, 2.75) is 75.8 Å². The predicted molar refractivity (Wildman–Crippen MR) is 114 cm³/mol. The Morgan fingerprint density at radius 2 is 1.87 bits per heavy atom. The van der Waals surface area contributed by atoms with Crippen LogP contribution in [0.1, 0.15) is 58.3 Å². The number of rotatable bonds is 6. The second-order valence-corrected chi connectivity index (χ2v) is 10.4. The van der Waals surface area contributed by atoms with E-state index in [1.165, 1.54) is 23.6 Å². The first-order valence-corrected chi connectivity index (χ1v) is 12.6. The first-order chi connectivity index (χ1) is 14.5. The number of nitrogens with zero attached hydrogens (tertiary/aromatic N) is 4. The quantitative estimate of drug-likeness (QED) is 0.755. The Bertz CT molecular complexity index is 989. The van der Waals surface area contributed by atoms with Gasteiger partial charge in [0.05, 0.1) is 10.4 Å². The molecule has 1 aliphatic heterocycles. The molecule has 0 atom stereocenters. The van der Waals surface area contributed by atoms with Gasteiger partial charge in [0.15, 0.2) is 0 Å². The Labute approximate surface area is 178 Å². The molecule has 2 aromatic rings. The zero-order valence-electron chi connectivity index (χ0n) is 17.6. The third kappa shape index (κ3) is 4.37. The number of aryl methyl sites for hydroxylation is 1. The molecule has 0 spiro atoms. The number of hydrogen-bond donors (Lipinski definition) is 1. The van der Waals surface area contributed by atoms with Gasteiger partial charge in [-0.15, -0.1) is 5.10 Å². The lowest BCUT2D eigenvalue weighted by atomic mass is 9.93. The van der Waals surface area contributed by atoms with Crippen LogP contribution in [-0.4, -0.2) is 52.8 Å². The molecule has 1 saturated carbocycles. The highest BCUT2D eigenvalue weighted by Crippen LogP contribution is 2.26. The van der Waals surface area contributed by atoms with Gasteiger partial charge < -0.3 is 5.32 Å². The van der Waals surface area contributed by atoms with Gasteiger partial charge in [-0.3, -0.25) is 4.79 Å². The molecule has 0 bridgehead atoms. The Balaban J connectivity index is 1.39. The van der Waals surface area contributed by atoms with Crippen LogP contribution in [0.15, 0.2) is 23.1 Å². The fourth-order valence-electron chi connectivity index (χ4n) is 4.56. The van der Waals surface area contributed by atoms with E-state index in [4.69, 9.17) is 0 Å². The van der Waals surface area contributed by atoms with Gasteiger partial charge in [0.25, 0.3) is 0 Å². The van der Waals surface area contributed by atoms with Crippen molar-refractivity contribution < 1.29 is 13.2 Å². The van der Waals surface area contributed by atoms with E-state index in [0.29, 0.717) is 37.5 Å². The van der Waals surface area contributed by atoms with Crippen LogP contribution in [0.4, 0.5) is 0 Å². The van der Waals surface area contributed by atoms with Crippen LogP contribution < -0.4 is 5.32 Å². The summed E-state index contributed by atoms with van der Waals surface area (Å²) in [6, 6.07) is 5.31. The van der Waals surface area contributed by atoms with Crippen LogP contribution in [0, 0.1) is 5.92 Å². The molecule has 4 rings (SSSR count). The minimum atomic E-state index is -3.61. The lowest BCUT2D eigenvalue weighted by Crippen LogP contribution is -2.45. The standard InChI is InChI=1S/C21H31N5O3S/c1-2-12-26-20-9-8-18(15-19(20)23-24-26)30(28,29)25-13-10-16(11-14-25)21(27)22-17-6-4-3-5-7-17/h8-9,15-17H,2-7,10-14H2,1H3,(H,22,27). The molecule has 2 aliphatic rings. The van der Waals surface area contributed by atoms with Gasteiger partial charge in [-0.25, -0.2) is 13.1 Å². The van der Waals surface area contributed by atoms with E-state index < -0.39 is 10.0 Å². The van der Waals surface area contributed by atoms with Crippen molar-refractivity contribution in [1.29, 1.82) is 0 Å². The predicted octanol–water partition coefficient (Wildman–Crippen LogP) is 2.69. The molecule has 8 nitrogen and oxygen atoms in total. The highest BCUT2D eigenvalue weighted by Gasteiger charge is 2.33. The average Bonchev–Trinajstić information content (AvgIpc) is 3.17. The lowest BCUT2D eigenvalue weighted by molar-refractivity contribution is -0.127. The molecule has 164 valence electrons. The summed E-state index contributed by atoms with van der Waals surface area (Å²) >= 11 is 0. The summed E-state index contributed by atoms with van der Waals surface area (Å²) in [4.78, 5) is 12.8. The lowest BCUT2D eigenvalue weighted by Gasteiger charge is -2.32. The van der Waals surface area contributed by atoms with Gasteiger partial charge in [-0.05, 0) is 50.3 Å². The van der Waals surface area contributed by atoms with Crippen molar-refractivity contribution in [3.05, 3.63) is 18.2 Å². The smallest absolute Gasteiger partial charge is 0.243 e. The van der Waals surface area contributed by atoms with Gasteiger partial charge in [0.2, 0.25) is 15.9 Å².